The third-order valence-electron chi connectivity index (χ3n) is 2.36. The molecule has 1 atom stereocenters. The molecule has 0 radical (unpaired) electrons. The van der Waals surface area contributed by atoms with Crippen molar-refractivity contribution in [3.05, 3.63) is 29.3 Å². The summed E-state index contributed by atoms with van der Waals surface area (Å²) >= 11 is 1.78. The van der Waals surface area contributed by atoms with Gasteiger partial charge in [0, 0.05) is 4.90 Å². The second-order valence-corrected chi connectivity index (χ2v) is 4.24. The molecule has 1 aromatic carbocycles. The highest BCUT2D eigenvalue weighted by atomic mass is 32.2. The van der Waals surface area contributed by atoms with Crippen LogP contribution in [0.3, 0.4) is 0 Å². The minimum atomic E-state index is 0.468. The quantitative estimate of drug-likeness (QED) is 0.751. The number of hydrogen-bond donors (Lipinski definition) is 1. The fraction of sp³-hybridized carbons (Fsp3) is 0.455. The largest absolute Gasteiger partial charge is 0.330 e. The van der Waals surface area contributed by atoms with Gasteiger partial charge in [-0.15, -0.1) is 11.8 Å². The van der Waals surface area contributed by atoms with Crippen LogP contribution < -0.4 is 5.73 Å². The molecule has 0 aromatic heterocycles. The highest BCUT2D eigenvalue weighted by Crippen LogP contribution is 2.23. The number of aryl methyl sites for hydroxylation is 1. The fourth-order valence-corrected chi connectivity index (χ4v) is 1.95. The second-order valence-electron chi connectivity index (χ2n) is 3.36. The van der Waals surface area contributed by atoms with Crippen molar-refractivity contribution in [3.63, 3.8) is 0 Å². The summed E-state index contributed by atoms with van der Waals surface area (Å²) in [6, 6.07) is 6.59. The van der Waals surface area contributed by atoms with Gasteiger partial charge < -0.3 is 5.73 Å². The normalized spacial score (nSPS) is 12.9. The van der Waals surface area contributed by atoms with Gasteiger partial charge in [-0.05, 0) is 48.9 Å². The molecule has 1 rings (SSSR count). The Morgan fingerprint density at radius 2 is 2.15 bits per heavy atom. The summed E-state index contributed by atoms with van der Waals surface area (Å²) in [6.07, 6.45) is 2.10. The average molecular weight is 195 g/mol. The van der Waals surface area contributed by atoms with Gasteiger partial charge in [0.25, 0.3) is 0 Å². The lowest BCUT2D eigenvalue weighted by molar-refractivity contribution is 0.766. The Labute approximate surface area is 84.7 Å². The lowest BCUT2D eigenvalue weighted by Gasteiger charge is -2.12. The molecule has 2 N–H and O–H groups in total. The van der Waals surface area contributed by atoms with E-state index in [9.17, 15) is 0 Å². The van der Waals surface area contributed by atoms with E-state index >= 15 is 0 Å². The summed E-state index contributed by atoms with van der Waals surface area (Å²) in [4.78, 5) is 1.32. The maximum absolute atomic E-state index is 5.64. The van der Waals surface area contributed by atoms with Crippen molar-refractivity contribution in [3.8, 4) is 0 Å². The van der Waals surface area contributed by atoms with E-state index in [4.69, 9.17) is 5.73 Å². The molecule has 1 unspecified atom stereocenters. The van der Waals surface area contributed by atoms with Gasteiger partial charge in [-0.25, -0.2) is 0 Å². The van der Waals surface area contributed by atoms with Gasteiger partial charge in [0.2, 0.25) is 0 Å². The molecule has 0 fully saturated rings. The monoisotopic (exact) mass is 195 g/mol. The summed E-state index contributed by atoms with van der Waals surface area (Å²) < 4.78 is 0. The van der Waals surface area contributed by atoms with Gasteiger partial charge in [-0.2, -0.15) is 0 Å². The van der Waals surface area contributed by atoms with Gasteiger partial charge in [0.1, 0.15) is 0 Å². The van der Waals surface area contributed by atoms with E-state index in [1.807, 2.05) is 0 Å². The average Bonchev–Trinajstić information content (AvgIpc) is 2.16. The first kappa shape index (κ1) is 10.6. The fourth-order valence-electron chi connectivity index (χ4n) is 1.46. The van der Waals surface area contributed by atoms with Crippen molar-refractivity contribution >= 4 is 11.8 Å². The maximum atomic E-state index is 5.64. The Bertz CT molecular complexity index is 283. The maximum Gasteiger partial charge on any atom is 0.00719 e. The van der Waals surface area contributed by atoms with Gasteiger partial charge in [-0.1, -0.05) is 13.0 Å². The van der Waals surface area contributed by atoms with Crippen LogP contribution in [0.1, 0.15) is 24.0 Å². The molecular weight excluding hydrogens is 178 g/mol. The van der Waals surface area contributed by atoms with Crippen LogP contribution in [0.4, 0.5) is 0 Å². The lowest BCUT2D eigenvalue weighted by Crippen LogP contribution is -2.09. The molecule has 72 valence electrons. The Hall–Kier alpha value is -0.470. The highest BCUT2D eigenvalue weighted by molar-refractivity contribution is 7.98. The SMILES string of the molecule is CSc1ccc(C(C)CN)c(C)c1. The highest BCUT2D eigenvalue weighted by Gasteiger charge is 2.06. The zero-order chi connectivity index (χ0) is 9.84. The molecule has 0 saturated heterocycles. The lowest BCUT2D eigenvalue weighted by atomic mass is 9.97. The molecule has 0 amide bonds. The van der Waals surface area contributed by atoms with E-state index in [1.54, 1.807) is 11.8 Å². The summed E-state index contributed by atoms with van der Waals surface area (Å²) in [5.41, 5.74) is 8.37. The summed E-state index contributed by atoms with van der Waals surface area (Å²) in [7, 11) is 0. The first-order chi connectivity index (χ1) is 6.19. The van der Waals surface area contributed by atoms with E-state index in [-0.39, 0.29) is 0 Å². The van der Waals surface area contributed by atoms with Gasteiger partial charge in [-0.3, -0.25) is 0 Å². The molecule has 0 saturated carbocycles. The second kappa shape index (κ2) is 4.68. The van der Waals surface area contributed by atoms with E-state index in [0.717, 1.165) is 6.54 Å². The predicted molar refractivity (Wildman–Crippen MR) is 60.4 cm³/mol. The number of thioether (sulfide) groups is 1. The summed E-state index contributed by atoms with van der Waals surface area (Å²) in [6.45, 7) is 5.04. The Morgan fingerprint density at radius 1 is 1.46 bits per heavy atom. The zero-order valence-electron chi connectivity index (χ0n) is 8.50. The first-order valence-electron chi connectivity index (χ1n) is 4.53. The van der Waals surface area contributed by atoms with Gasteiger partial charge >= 0.3 is 0 Å². The minimum absolute atomic E-state index is 0.468. The van der Waals surface area contributed by atoms with Crippen LogP contribution in [-0.2, 0) is 0 Å². The molecule has 0 heterocycles. The third kappa shape index (κ3) is 2.48. The van der Waals surface area contributed by atoms with Crippen molar-refractivity contribution < 1.29 is 0 Å². The van der Waals surface area contributed by atoms with E-state index in [2.05, 4.69) is 38.3 Å². The smallest absolute Gasteiger partial charge is 0.00719 e. The minimum Gasteiger partial charge on any atom is -0.330 e. The topological polar surface area (TPSA) is 26.0 Å². The number of hydrogen-bond acceptors (Lipinski definition) is 2. The van der Waals surface area contributed by atoms with E-state index in [0.29, 0.717) is 5.92 Å². The molecule has 0 aliphatic heterocycles. The number of rotatable bonds is 3. The summed E-state index contributed by atoms with van der Waals surface area (Å²) in [5, 5.41) is 0. The molecule has 0 aliphatic carbocycles. The summed E-state index contributed by atoms with van der Waals surface area (Å²) in [5.74, 6) is 0.468. The van der Waals surface area contributed by atoms with Gasteiger partial charge in [0.05, 0.1) is 0 Å². The molecule has 0 spiro atoms. The van der Waals surface area contributed by atoms with Crippen LogP contribution in [0.5, 0.6) is 0 Å². The van der Waals surface area contributed by atoms with Crippen LogP contribution in [0, 0.1) is 6.92 Å². The molecule has 2 heteroatoms. The van der Waals surface area contributed by atoms with Crippen LogP contribution in [0.25, 0.3) is 0 Å². The molecule has 13 heavy (non-hydrogen) atoms. The standard InChI is InChI=1S/C11H17NS/c1-8-6-10(13-3)4-5-11(8)9(2)7-12/h4-6,9H,7,12H2,1-3H3. The zero-order valence-corrected chi connectivity index (χ0v) is 9.32. The Balaban J connectivity index is 2.98. The van der Waals surface area contributed by atoms with Crippen molar-refractivity contribution in [2.45, 2.75) is 24.7 Å². The number of nitrogens with two attached hydrogens (primary N) is 1. The van der Waals surface area contributed by atoms with E-state index < -0.39 is 0 Å². The van der Waals surface area contributed by atoms with Crippen LogP contribution >= 0.6 is 11.8 Å². The van der Waals surface area contributed by atoms with E-state index in [1.165, 1.54) is 16.0 Å². The predicted octanol–water partition coefficient (Wildman–Crippen LogP) is 2.78. The molecule has 0 aliphatic rings. The Kier molecular flexibility index (Phi) is 3.82. The van der Waals surface area contributed by atoms with Crippen molar-refractivity contribution in [1.29, 1.82) is 0 Å². The molecule has 0 bridgehead atoms. The third-order valence-corrected chi connectivity index (χ3v) is 3.09. The Morgan fingerprint density at radius 3 is 2.62 bits per heavy atom. The number of benzene rings is 1. The van der Waals surface area contributed by atoms with Crippen molar-refractivity contribution in [2.24, 2.45) is 5.73 Å². The molecule has 1 nitrogen and oxygen atoms in total. The van der Waals surface area contributed by atoms with Crippen molar-refractivity contribution in [2.75, 3.05) is 12.8 Å². The van der Waals surface area contributed by atoms with Gasteiger partial charge in [0.15, 0.2) is 0 Å². The first-order valence-corrected chi connectivity index (χ1v) is 5.76. The molecule has 1 aromatic rings. The van der Waals surface area contributed by atoms with Crippen LogP contribution in [0.15, 0.2) is 23.1 Å². The van der Waals surface area contributed by atoms with Crippen molar-refractivity contribution in [1.82, 2.24) is 0 Å². The van der Waals surface area contributed by atoms with Crippen LogP contribution in [0.2, 0.25) is 0 Å². The van der Waals surface area contributed by atoms with Crippen LogP contribution in [-0.4, -0.2) is 12.8 Å². The molecular formula is C11H17NS.